The summed E-state index contributed by atoms with van der Waals surface area (Å²) >= 11 is 16.5. The highest BCUT2D eigenvalue weighted by Gasteiger charge is 2.28. The first kappa shape index (κ1) is 24.9. The van der Waals surface area contributed by atoms with Crippen molar-refractivity contribution in [3.05, 3.63) is 83.1 Å². The maximum Gasteiger partial charge on any atom is 0.337 e. The third kappa shape index (κ3) is 5.38. The van der Waals surface area contributed by atoms with E-state index in [9.17, 15) is 14.7 Å². The summed E-state index contributed by atoms with van der Waals surface area (Å²) in [6.45, 7) is 0. The molecular formula is C22H12Br4N2O3S2. The number of carbonyl (C=O) groups excluding carboxylic acids is 1. The lowest BCUT2D eigenvalue weighted by Gasteiger charge is -2.14. The first-order chi connectivity index (χ1) is 15.8. The van der Waals surface area contributed by atoms with Gasteiger partial charge in [0.2, 0.25) is 0 Å². The Labute approximate surface area is 230 Å². The van der Waals surface area contributed by atoms with Crippen LogP contribution in [0.2, 0.25) is 0 Å². The van der Waals surface area contributed by atoms with Crippen molar-refractivity contribution >= 4 is 115 Å². The van der Waals surface area contributed by atoms with Crippen molar-refractivity contribution in [3.63, 3.8) is 0 Å². The molecule has 4 rings (SSSR count). The number of rotatable bonds is 6. The summed E-state index contributed by atoms with van der Waals surface area (Å²) in [6.07, 6.45) is 0. The molecule has 0 atom stereocenters. The van der Waals surface area contributed by atoms with E-state index in [1.54, 1.807) is 29.2 Å². The normalized spacial score (nSPS) is 11.0. The van der Waals surface area contributed by atoms with Crippen molar-refractivity contribution in [1.29, 1.82) is 0 Å². The number of anilines is 1. The highest BCUT2D eigenvalue weighted by molar-refractivity contribution is 9.15. The number of thioether (sulfide) groups is 1. The zero-order valence-electron chi connectivity index (χ0n) is 16.4. The van der Waals surface area contributed by atoms with Gasteiger partial charge in [-0.15, -0.1) is 11.3 Å². The van der Waals surface area contributed by atoms with Crippen LogP contribution in [0.3, 0.4) is 0 Å². The molecular weight excluding hydrogens is 724 g/mol. The maximum absolute atomic E-state index is 13.1. The predicted molar refractivity (Wildman–Crippen MR) is 148 cm³/mol. The molecule has 5 nitrogen and oxygen atoms in total. The molecule has 2 N–H and O–H groups in total. The minimum Gasteiger partial charge on any atom is -0.478 e. The van der Waals surface area contributed by atoms with Crippen LogP contribution in [-0.4, -0.2) is 22.0 Å². The third-order valence-corrected chi connectivity index (χ3v) is 11.5. The fraction of sp³-hybridized carbons (Fsp3) is 0.0455. The van der Waals surface area contributed by atoms with Gasteiger partial charge in [0.25, 0.3) is 5.91 Å². The molecule has 1 amide bonds. The van der Waals surface area contributed by atoms with Gasteiger partial charge in [-0.05, 0) is 87.5 Å². The molecule has 3 aromatic carbocycles. The standard InChI is InChI=1S/C22H12Br4N2O3S2/c23-16-14(15(21(30)31)17(24)19(26)18(16)25)20(29)27-11-6-7-12-13(8-11)33-22(28-12)32-9-10-4-2-1-3-5-10/h1-8H,9H2,(H,27,29)(H,30,31). The molecule has 0 aliphatic rings. The fourth-order valence-corrected chi connectivity index (χ4v) is 7.53. The fourth-order valence-electron chi connectivity index (χ4n) is 3.00. The molecule has 0 saturated carbocycles. The number of hydrogen-bond acceptors (Lipinski definition) is 5. The Hall–Kier alpha value is -1.24. The number of hydrogen-bond donors (Lipinski definition) is 2. The van der Waals surface area contributed by atoms with Crippen molar-refractivity contribution in [2.45, 2.75) is 10.1 Å². The summed E-state index contributed by atoms with van der Waals surface area (Å²) in [5.74, 6) is -0.946. The SMILES string of the molecule is O=C(O)c1c(Br)c(Br)c(Br)c(Br)c1C(=O)Nc1ccc2nc(SCc3ccccc3)sc2c1. The molecule has 0 bridgehead atoms. The Morgan fingerprint density at radius 3 is 2.27 bits per heavy atom. The van der Waals surface area contributed by atoms with Gasteiger partial charge in [-0.1, -0.05) is 42.1 Å². The Morgan fingerprint density at radius 1 is 0.939 bits per heavy atom. The lowest BCUT2D eigenvalue weighted by molar-refractivity contribution is 0.0691. The quantitative estimate of drug-likeness (QED) is 0.118. The number of fused-ring (bicyclic) bond motifs is 1. The molecule has 0 spiro atoms. The minimum atomic E-state index is -1.22. The number of halogens is 4. The molecule has 11 heteroatoms. The van der Waals surface area contributed by atoms with Gasteiger partial charge < -0.3 is 10.4 Å². The number of carboxylic acids is 1. The molecule has 0 unspecified atom stereocenters. The maximum atomic E-state index is 13.1. The zero-order chi connectivity index (χ0) is 23.7. The Bertz CT molecular complexity index is 1390. The van der Waals surface area contributed by atoms with Gasteiger partial charge in [0.1, 0.15) is 0 Å². The summed E-state index contributed by atoms with van der Waals surface area (Å²) in [5.41, 5.74) is 2.48. The minimum absolute atomic E-state index is 0.00737. The lowest BCUT2D eigenvalue weighted by Crippen LogP contribution is -2.18. The summed E-state index contributed by atoms with van der Waals surface area (Å²) in [5, 5.41) is 12.5. The van der Waals surface area contributed by atoms with Crippen LogP contribution in [-0.2, 0) is 5.75 Å². The van der Waals surface area contributed by atoms with Crippen molar-refractivity contribution < 1.29 is 14.7 Å². The average molecular weight is 736 g/mol. The second-order valence-electron chi connectivity index (χ2n) is 6.70. The second-order valence-corrected chi connectivity index (χ2v) is 12.1. The van der Waals surface area contributed by atoms with Crippen LogP contribution in [0.1, 0.15) is 26.3 Å². The number of nitrogens with one attached hydrogen (secondary N) is 1. The van der Waals surface area contributed by atoms with E-state index in [2.05, 4.69) is 86.2 Å². The third-order valence-electron chi connectivity index (χ3n) is 4.54. The molecule has 0 radical (unpaired) electrons. The van der Waals surface area contributed by atoms with Crippen molar-refractivity contribution in [2.75, 3.05) is 5.32 Å². The smallest absolute Gasteiger partial charge is 0.337 e. The number of carboxylic acid groups (broad SMARTS) is 1. The number of carbonyl (C=O) groups is 2. The van der Waals surface area contributed by atoms with Gasteiger partial charge in [0, 0.05) is 29.3 Å². The predicted octanol–water partition coefficient (Wildman–Crippen LogP) is 8.59. The van der Waals surface area contributed by atoms with Crippen LogP contribution >= 0.6 is 86.8 Å². The number of thiazole rings is 1. The van der Waals surface area contributed by atoms with Gasteiger partial charge in [-0.3, -0.25) is 4.79 Å². The number of nitrogens with zero attached hydrogens (tertiary/aromatic N) is 1. The molecule has 4 aromatic rings. The van der Waals surface area contributed by atoms with E-state index in [1.165, 1.54) is 5.56 Å². The van der Waals surface area contributed by atoms with E-state index in [0.29, 0.717) is 19.1 Å². The van der Waals surface area contributed by atoms with Crippen LogP contribution < -0.4 is 5.32 Å². The summed E-state index contributed by atoms with van der Waals surface area (Å²) < 4.78 is 3.50. The molecule has 0 aliphatic heterocycles. The summed E-state index contributed by atoms with van der Waals surface area (Å²) in [4.78, 5) is 29.6. The first-order valence-corrected chi connectivity index (χ1v) is 14.2. The van der Waals surface area contributed by atoms with E-state index >= 15 is 0 Å². The topological polar surface area (TPSA) is 79.3 Å². The monoisotopic (exact) mass is 732 g/mol. The first-order valence-electron chi connectivity index (χ1n) is 9.24. The van der Waals surface area contributed by atoms with Gasteiger partial charge in [0.05, 0.1) is 21.3 Å². The highest BCUT2D eigenvalue weighted by atomic mass is 79.9. The largest absolute Gasteiger partial charge is 0.478 e. The average Bonchev–Trinajstić information content (AvgIpc) is 3.21. The number of aromatic carboxylic acids is 1. The second kappa shape index (κ2) is 10.6. The summed E-state index contributed by atoms with van der Waals surface area (Å²) in [7, 11) is 0. The van der Waals surface area contributed by atoms with Crippen molar-refractivity contribution in [2.24, 2.45) is 0 Å². The lowest BCUT2D eigenvalue weighted by atomic mass is 10.1. The van der Waals surface area contributed by atoms with E-state index in [4.69, 9.17) is 0 Å². The van der Waals surface area contributed by atoms with Gasteiger partial charge in [-0.2, -0.15) is 0 Å². The summed E-state index contributed by atoms with van der Waals surface area (Å²) in [6, 6.07) is 15.6. The molecule has 1 heterocycles. The molecule has 168 valence electrons. The highest BCUT2D eigenvalue weighted by Crippen LogP contribution is 2.42. The van der Waals surface area contributed by atoms with Crippen LogP contribution in [0.4, 0.5) is 5.69 Å². The molecule has 0 aliphatic carbocycles. The number of aromatic nitrogens is 1. The number of amides is 1. The van der Waals surface area contributed by atoms with E-state index in [0.717, 1.165) is 20.3 Å². The number of benzene rings is 3. The molecule has 0 saturated heterocycles. The van der Waals surface area contributed by atoms with E-state index < -0.39 is 11.9 Å². The van der Waals surface area contributed by atoms with Crippen LogP contribution in [0.5, 0.6) is 0 Å². The van der Waals surface area contributed by atoms with Crippen LogP contribution in [0.25, 0.3) is 10.2 Å². The Balaban J connectivity index is 1.59. The molecule has 0 fully saturated rings. The van der Waals surface area contributed by atoms with Crippen LogP contribution in [0.15, 0.2) is 70.8 Å². The van der Waals surface area contributed by atoms with Gasteiger partial charge in [-0.25, -0.2) is 9.78 Å². The molecule has 33 heavy (non-hydrogen) atoms. The Morgan fingerprint density at radius 2 is 1.61 bits per heavy atom. The van der Waals surface area contributed by atoms with Gasteiger partial charge in [0.15, 0.2) is 4.34 Å². The van der Waals surface area contributed by atoms with Gasteiger partial charge >= 0.3 is 5.97 Å². The van der Waals surface area contributed by atoms with Crippen LogP contribution in [0, 0.1) is 0 Å². The van der Waals surface area contributed by atoms with E-state index in [-0.39, 0.29) is 15.6 Å². The van der Waals surface area contributed by atoms with Crippen molar-refractivity contribution in [3.8, 4) is 0 Å². The Kier molecular flexibility index (Phi) is 7.97. The molecule has 1 aromatic heterocycles. The van der Waals surface area contributed by atoms with E-state index in [1.807, 2.05) is 30.3 Å². The van der Waals surface area contributed by atoms with Crippen molar-refractivity contribution in [1.82, 2.24) is 4.98 Å². The zero-order valence-corrected chi connectivity index (χ0v) is 24.3.